The zero-order valence-electron chi connectivity index (χ0n) is 18.5. The van der Waals surface area contributed by atoms with Crippen molar-refractivity contribution in [1.82, 2.24) is 9.97 Å². The number of rotatable bonds is 8. The number of hydrogen-bond acceptors (Lipinski definition) is 8. The lowest BCUT2D eigenvalue weighted by molar-refractivity contribution is 0.371. The van der Waals surface area contributed by atoms with Crippen molar-refractivity contribution in [3.8, 4) is 22.8 Å². The number of aryl methyl sites for hydroxylation is 1. The van der Waals surface area contributed by atoms with Crippen molar-refractivity contribution in [2.45, 2.75) is 18.5 Å². The van der Waals surface area contributed by atoms with E-state index in [2.05, 4.69) is 20.0 Å². The average Bonchev–Trinajstić information content (AvgIpc) is 3.27. The lowest BCUT2D eigenvalue weighted by Crippen LogP contribution is -2.16. The molecule has 8 nitrogen and oxygen atoms in total. The summed E-state index contributed by atoms with van der Waals surface area (Å²) in [6, 6.07) is 11.0. The molecular weight excluding hydrogens is 515 g/mol. The molecule has 182 valence electrons. The van der Waals surface area contributed by atoms with Gasteiger partial charge in [-0.05, 0) is 42.8 Å². The molecule has 0 spiro atoms. The number of thiazole rings is 1. The van der Waals surface area contributed by atoms with Gasteiger partial charge in [0.1, 0.15) is 5.82 Å². The maximum atomic E-state index is 13.4. The molecule has 0 radical (unpaired) electrons. The molecule has 2 aromatic carbocycles. The minimum absolute atomic E-state index is 0.0290. The number of anilines is 2. The standard InChI is InChI=1S/C23H20ClFN4O4S2/c1-13-8-16(26-10-15-4-3-5-20(33-2)21(15)30)11-27-22(13)35(31,32)29-23-28-19(12-34-23)14-6-7-18(25)17(24)9-14/h3-9,11-12,26,30H,10H2,1-2H3,(H,28,29). The van der Waals surface area contributed by atoms with Gasteiger partial charge in [-0.1, -0.05) is 23.7 Å². The maximum Gasteiger partial charge on any atom is 0.281 e. The molecule has 35 heavy (non-hydrogen) atoms. The second-order valence-corrected chi connectivity index (χ2v) is 10.3. The van der Waals surface area contributed by atoms with Gasteiger partial charge < -0.3 is 15.2 Å². The first-order valence-electron chi connectivity index (χ1n) is 10.2. The third-order valence-electron chi connectivity index (χ3n) is 5.01. The minimum Gasteiger partial charge on any atom is -0.504 e. The lowest BCUT2D eigenvalue weighted by Gasteiger charge is -2.12. The predicted molar refractivity (Wildman–Crippen MR) is 134 cm³/mol. The molecule has 0 aliphatic heterocycles. The Hall–Kier alpha value is -3.41. The number of sulfonamides is 1. The van der Waals surface area contributed by atoms with Crippen LogP contribution in [0.4, 0.5) is 15.2 Å². The Labute approximate surface area is 210 Å². The first-order valence-corrected chi connectivity index (χ1v) is 12.9. The van der Waals surface area contributed by atoms with E-state index >= 15 is 0 Å². The third kappa shape index (κ3) is 5.47. The number of halogens is 2. The number of phenols is 1. The summed E-state index contributed by atoms with van der Waals surface area (Å²) in [6.07, 6.45) is 1.40. The highest BCUT2D eigenvalue weighted by atomic mass is 35.5. The molecule has 0 saturated carbocycles. The van der Waals surface area contributed by atoms with Crippen LogP contribution in [0.1, 0.15) is 11.1 Å². The highest BCUT2D eigenvalue weighted by Gasteiger charge is 2.21. The predicted octanol–water partition coefficient (Wildman–Crippen LogP) is 5.43. The molecule has 0 saturated heterocycles. The van der Waals surface area contributed by atoms with E-state index in [0.29, 0.717) is 33.8 Å². The van der Waals surface area contributed by atoms with Gasteiger partial charge in [-0.2, -0.15) is 8.42 Å². The molecule has 4 rings (SSSR count). The van der Waals surface area contributed by atoms with E-state index in [4.69, 9.17) is 16.3 Å². The van der Waals surface area contributed by atoms with Crippen LogP contribution in [0.25, 0.3) is 11.3 Å². The van der Waals surface area contributed by atoms with Crippen LogP contribution in [-0.4, -0.2) is 30.6 Å². The minimum atomic E-state index is -4.01. The van der Waals surface area contributed by atoms with Gasteiger partial charge in [-0.15, -0.1) is 11.3 Å². The number of methoxy groups -OCH3 is 1. The van der Waals surface area contributed by atoms with Gasteiger partial charge in [0.05, 0.1) is 29.7 Å². The number of pyridine rings is 1. The Kier molecular flexibility index (Phi) is 7.10. The van der Waals surface area contributed by atoms with E-state index in [1.54, 1.807) is 36.6 Å². The Morgan fingerprint density at radius 2 is 2.03 bits per heavy atom. The van der Waals surface area contributed by atoms with Crippen molar-refractivity contribution in [2.24, 2.45) is 0 Å². The molecule has 0 unspecified atom stereocenters. The van der Waals surface area contributed by atoms with Crippen molar-refractivity contribution in [2.75, 3.05) is 17.1 Å². The van der Waals surface area contributed by atoms with Gasteiger partial charge in [0, 0.05) is 23.1 Å². The van der Waals surface area contributed by atoms with Crippen LogP contribution < -0.4 is 14.8 Å². The zero-order chi connectivity index (χ0) is 25.2. The van der Waals surface area contributed by atoms with Crippen LogP contribution in [0.2, 0.25) is 5.02 Å². The summed E-state index contributed by atoms with van der Waals surface area (Å²) >= 11 is 6.91. The largest absolute Gasteiger partial charge is 0.504 e. The fourth-order valence-electron chi connectivity index (χ4n) is 3.28. The van der Waals surface area contributed by atoms with Gasteiger partial charge in [0.25, 0.3) is 10.0 Å². The summed E-state index contributed by atoms with van der Waals surface area (Å²) in [5, 5.41) is 14.9. The second kappa shape index (κ2) is 10.1. The number of benzene rings is 2. The molecule has 0 aliphatic carbocycles. The van der Waals surface area contributed by atoms with Crippen molar-refractivity contribution < 1.29 is 22.7 Å². The summed E-state index contributed by atoms with van der Waals surface area (Å²) in [4.78, 5) is 8.39. The number of ether oxygens (including phenoxy) is 1. The molecule has 12 heteroatoms. The molecule has 0 fully saturated rings. The van der Waals surface area contributed by atoms with Gasteiger partial charge in [-0.25, -0.2) is 14.4 Å². The first-order chi connectivity index (χ1) is 16.7. The molecule has 0 amide bonds. The lowest BCUT2D eigenvalue weighted by atomic mass is 10.2. The van der Waals surface area contributed by atoms with E-state index in [1.807, 2.05) is 0 Å². The van der Waals surface area contributed by atoms with Crippen LogP contribution in [-0.2, 0) is 16.6 Å². The average molecular weight is 535 g/mol. The third-order valence-corrected chi connectivity index (χ3v) is 7.59. The smallest absolute Gasteiger partial charge is 0.281 e. The topological polar surface area (TPSA) is 113 Å². The Morgan fingerprint density at radius 1 is 1.23 bits per heavy atom. The summed E-state index contributed by atoms with van der Waals surface area (Å²) in [6.45, 7) is 1.91. The molecule has 0 aliphatic rings. The molecule has 4 aromatic rings. The zero-order valence-corrected chi connectivity index (χ0v) is 20.9. The summed E-state index contributed by atoms with van der Waals surface area (Å²) in [7, 11) is -2.54. The highest BCUT2D eigenvalue weighted by Crippen LogP contribution is 2.31. The number of nitrogens with one attached hydrogen (secondary N) is 2. The first kappa shape index (κ1) is 24.7. The number of para-hydroxylation sites is 1. The van der Waals surface area contributed by atoms with E-state index in [0.717, 1.165) is 11.3 Å². The Bertz CT molecular complexity index is 1490. The van der Waals surface area contributed by atoms with Crippen LogP contribution in [0.15, 0.2) is 59.1 Å². The van der Waals surface area contributed by atoms with Crippen LogP contribution in [0.5, 0.6) is 11.5 Å². The van der Waals surface area contributed by atoms with Crippen LogP contribution in [0.3, 0.4) is 0 Å². The molecule has 2 aromatic heterocycles. The van der Waals surface area contributed by atoms with Crippen molar-refractivity contribution in [1.29, 1.82) is 0 Å². The normalized spacial score (nSPS) is 11.3. The van der Waals surface area contributed by atoms with E-state index < -0.39 is 15.8 Å². The SMILES string of the molecule is COc1cccc(CNc2cnc(S(=O)(=O)Nc3nc(-c4ccc(F)c(Cl)c4)cs3)c(C)c2)c1O. The number of aromatic nitrogens is 2. The molecular formula is C23H20ClFN4O4S2. The second-order valence-electron chi connectivity index (χ2n) is 7.44. The molecule has 0 bridgehead atoms. The van der Waals surface area contributed by atoms with E-state index in [1.165, 1.54) is 31.5 Å². The monoisotopic (exact) mass is 534 g/mol. The van der Waals surface area contributed by atoms with Crippen molar-refractivity contribution in [3.63, 3.8) is 0 Å². The van der Waals surface area contributed by atoms with Crippen molar-refractivity contribution in [3.05, 3.63) is 76.0 Å². The molecule has 3 N–H and O–H groups in total. The quantitative estimate of drug-likeness (QED) is 0.276. The van der Waals surface area contributed by atoms with Crippen LogP contribution in [0, 0.1) is 12.7 Å². The van der Waals surface area contributed by atoms with Gasteiger partial charge in [0.2, 0.25) is 0 Å². The summed E-state index contributed by atoms with van der Waals surface area (Å²) < 4.78 is 46.8. The van der Waals surface area contributed by atoms with Crippen molar-refractivity contribution >= 4 is 43.8 Å². The highest BCUT2D eigenvalue weighted by molar-refractivity contribution is 7.92. The summed E-state index contributed by atoms with van der Waals surface area (Å²) in [5.74, 6) is -0.161. The Morgan fingerprint density at radius 3 is 2.74 bits per heavy atom. The van der Waals surface area contributed by atoms with Gasteiger partial charge in [0.15, 0.2) is 21.7 Å². The summed E-state index contributed by atoms with van der Waals surface area (Å²) in [5.41, 5.74) is 2.62. The fraction of sp³-hybridized carbons (Fsp3) is 0.130. The van der Waals surface area contributed by atoms with E-state index in [9.17, 15) is 17.9 Å². The number of hydrogen-bond donors (Lipinski definition) is 3. The number of nitrogens with zero attached hydrogens (tertiary/aromatic N) is 2. The molecule has 0 atom stereocenters. The fourth-order valence-corrected chi connectivity index (χ4v) is 5.60. The van der Waals surface area contributed by atoms with E-state index in [-0.39, 0.29) is 27.5 Å². The maximum absolute atomic E-state index is 13.4. The van der Waals surface area contributed by atoms with Gasteiger partial charge >= 0.3 is 0 Å². The van der Waals surface area contributed by atoms with Gasteiger partial charge in [-0.3, -0.25) is 4.72 Å². The molecule has 2 heterocycles. The Balaban J connectivity index is 1.48. The number of phenolic OH excluding ortho intramolecular Hbond substituents is 1. The number of aromatic hydroxyl groups is 1. The van der Waals surface area contributed by atoms with Crippen LogP contribution >= 0.6 is 22.9 Å².